The Labute approximate surface area is 116 Å². The molecule has 0 rings (SSSR count). The van der Waals surface area contributed by atoms with Crippen LogP contribution in [0, 0.1) is 0 Å². The molecule has 110 valence electrons. The minimum atomic E-state index is -0.569. The molecule has 0 unspecified atom stereocenters. The van der Waals surface area contributed by atoms with Crippen LogP contribution in [-0.2, 0) is 14.3 Å². The Balaban J connectivity index is 4.44. The predicted octanol–water partition coefficient (Wildman–Crippen LogP) is 1.34. The van der Waals surface area contributed by atoms with Gasteiger partial charge in [0.05, 0.1) is 13.2 Å². The van der Waals surface area contributed by atoms with Crippen LogP contribution in [0.25, 0.3) is 0 Å². The fourth-order valence-electron chi connectivity index (χ4n) is 1.52. The van der Waals surface area contributed by atoms with Crippen LogP contribution in [0.5, 0.6) is 0 Å². The van der Waals surface area contributed by atoms with Crippen molar-refractivity contribution in [3.63, 3.8) is 0 Å². The molecule has 0 saturated carbocycles. The Bertz CT molecular complexity index is 321. The lowest BCUT2D eigenvalue weighted by molar-refractivity contribution is -0.144. The third-order valence-electron chi connectivity index (χ3n) is 2.35. The van der Waals surface area contributed by atoms with Gasteiger partial charge in [0.15, 0.2) is 0 Å². The minimum absolute atomic E-state index is 0.0500. The van der Waals surface area contributed by atoms with Gasteiger partial charge in [0, 0.05) is 12.1 Å². The highest BCUT2D eigenvalue weighted by molar-refractivity contribution is 5.87. The first kappa shape index (κ1) is 17.6. The molecular formula is C14H26N2O3. The van der Waals surface area contributed by atoms with Gasteiger partial charge in [-0.1, -0.05) is 6.08 Å². The van der Waals surface area contributed by atoms with Crippen LogP contribution in [0.1, 0.15) is 34.6 Å². The van der Waals surface area contributed by atoms with E-state index in [9.17, 15) is 9.59 Å². The smallest absolute Gasteiger partial charge is 0.251 e. The van der Waals surface area contributed by atoms with Gasteiger partial charge in [-0.05, 0) is 34.6 Å². The van der Waals surface area contributed by atoms with Crippen molar-refractivity contribution in [2.45, 2.75) is 46.3 Å². The summed E-state index contributed by atoms with van der Waals surface area (Å²) in [6.45, 7) is 13.6. The van der Waals surface area contributed by atoms with Gasteiger partial charge >= 0.3 is 0 Å². The zero-order chi connectivity index (χ0) is 15.1. The number of rotatable bonds is 7. The van der Waals surface area contributed by atoms with Crippen LogP contribution in [0.2, 0.25) is 0 Å². The van der Waals surface area contributed by atoms with Crippen molar-refractivity contribution in [1.82, 2.24) is 10.2 Å². The molecule has 0 fully saturated rings. The van der Waals surface area contributed by atoms with Crippen LogP contribution >= 0.6 is 0 Å². The molecule has 0 radical (unpaired) electrons. The van der Waals surface area contributed by atoms with Crippen molar-refractivity contribution in [3.8, 4) is 0 Å². The highest BCUT2D eigenvalue weighted by Gasteiger charge is 2.23. The lowest BCUT2D eigenvalue weighted by atomic mass is 10.1. The zero-order valence-electron chi connectivity index (χ0n) is 12.7. The van der Waals surface area contributed by atoms with E-state index in [4.69, 9.17) is 4.74 Å². The normalized spacial score (nSPS) is 12.7. The number of carbonyl (C=O) groups excluding carboxylic acids is 2. The molecule has 0 heterocycles. The van der Waals surface area contributed by atoms with E-state index in [2.05, 4.69) is 11.9 Å². The first-order valence-electron chi connectivity index (χ1n) is 6.53. The Kier molecular flexibility index (Phi) is 7.37. The fourth-order valence-corrected chi connectivity index (χ4v) is 1.52. The SMILES string of the molecule is C=CCO[C@H](C)C(=O)N(CC)CC(=O)NC(C)(C)C. The fraction of sp³-hybridized carbons (Fsp3) is 0.714. The average Bonchev–Trinajstić information content (AvgIpc) is 2.29. The quantitative estimate of drug-likeness (QED) is 0.710. The molecular weight excluding hydrogens is 244 g/mol. The van der Waals surface area contributed by atoms with Crippen molar-refractivity contribution in [2.24, 2.45) is 0 Å². The van der Waals surface area contributed by atoms with Crippen LogP contribution in [0.15, 0.2) is 12.7 Å². The van der Waals surface area contributed by atoms with Crippen molar-refractivity contribution < 1.29 is 14.3 Å². The highest BCUT2D eigenvalue weighted by Crippen LogP contribution is 2.02. The molecule has 1 N–H and O–H groups in total. The summed E-state index contributed by atoms with van der Waals surface area (Å²) in [7, 11) is 0. The van der Waals surface area contributed by atoms with E-state index in [-0.39, 0.29) is 23.9 Å². The largest absolute Gasteiger partial charge is 0.365 e. The average molecular weight is 270 g/mol. The van der Waals surface area contributed by atoms with Crippen LogP contribution in [0.4, 0.5) is 0 Å². The molecule has 0 aromatic carbocycles. The Morgan fingerprint density at radius 3 is 2.42 bits per heavy atom. The van der Waals surface area contributed by atoms with E-state index < -0.39 is 6.10 Å². The summed E-state index contributed by atoms with van der Waals surface area (Å²) in [4.78, 5) is 25.4. The molecule has 5 nitrogen and oxygen atoms in total. The maximum absolute atomic E-state index is 12.1. The maximum Gasteiger partial charge on any atom is 0.251 e. The maximum atomic E-state index is 12.1. The number of hydrogen-bond donors (Lipinski definition) is 1. The van der Waals surface area contributed by atoms with Gasteiger partial charge < -0.3 is 15.0 Å². The summed E-state index contributed by atoms with van der Waals surface area (Å²) in [5, 5.41) is 2.83. The van der Waals surface area contributed by atoms with Crippen molar-refractivity contribution in [1.29, 1.82) is 0 Å². The van der Waals surface area contributed by atoms with Crippen molar-refractivity contribution >= 4 is 11.8 Å². The number of amides is 2. The van der Waals surface area contributed by atoms with Crippen molar-refractivity contribution in [3.05, 3.63) is 12.7 Å². The van der Waals surface area contributed by atoms with E-state index in [0.29, 0.717) is 13.2 Å². The monoisotopic (exact) mass is 270 g/mol. The van der Waals surface area contributed by atoms with E-state index >= 15 is 0 Å². The zero-order valence-corrected chi connectivity index (χ0v) is 12.7. The molecule has 5 heteroatoms. The summed E-state index contributed by atoms with van der Waals surface area (Å²) < 4.78 is 5.28. The van der Waals surface area contributed by atoms with E-state index in [1.807, 2.05) is 27.7 Å². The molecule has 0 saturated heterocycles. The summed E-state index contributed by atoms with van der Waals surface area (Å²) in [5.41, 5.74) is -0.301. The molecule has 0 aromatic heterocycles. The number of nitrogens with one attached hydrogen (secondary N) is 1. The van der Waals surface area contributed by atoms with Gasteiger partial charge in [0.1, 0.15) is 6.10 Å². The lowest BCUT2D eigenvalue weighted by Gasteiger charge is -2.26. The number of carbonyl (C=O) groups is 2. The summed E-state index contributed by atoms with van der Waals surface area (Å²) >= 11 is 0. The van der Waals surface area contributed by atoms with Crippen LogP contribution < -0.4 is 5.32 Å². The van der Waals surface area contributed by atoms with E-state index in [1.54, 1.807) is 13.0 Å². The molecule has 0 aliphatic heterocycles. The van der Waals surface area contributed by atoms with Crippen LogP contribution in [-0.4, -0.2) is 48.1 Å². The van der Waals surface area contributed by atoms with Crippen LogP contribution in [0.3, 0.4) is 0 Å². The number of likely N-dealkylation sites (N-methyl/N-ethyl adjacent to an activating group) is 1. The molecule has 0 aliphatic carbocycles. The Morgan fingerprint density at radius 2 is 2.00 bits per heavy atom. The third kappa shape index (κ3) is 7.62. The second-order valence-electron chi connectivity index (χ2n) is 5.41. The van der Waals surface area contributed by atoms with Gasteiger partial charge in [0.25, 0.3) is 5.91 Å². The third-order valence-corrected chi connectivity index (χ3v) is 2.35. The van der Waals surface area contributed by atoms with Gasteiger partial charge in [-0.25, -0.2) is 0 Å². The van der Waals surface area contributed by atoms with Crippen molar-refractivity contribution in [2.75, 3.05) is 19.7 Å². The summed E-state index contributed by atoms with van der Waals surface area (Å²) in [6.07, 6.45) is 1.02. The Hall–Kier alpha value is -1.36. The number of ether oxygens (including phenoxy) is 1. The molecule has 0 aromatic rings. The first-order valence-corrected chi connectivity index (χ1v) is 6.53. The molecule has 2 amide bonds. The molecule has 1 atom stereocenters. The lowest BCUT2D eigenvalue weighted by Crippen LogP contribution is -2.49. The minimum Gasteiger partial charge on any atom is -0.365 e. The molecule has 0 aliphatic rings. The van der Waals surface area contributed by atoms with Gasteiger partial charge in [-0.2, -0.15) is 0 Å². The molecule has 0 bridgehead atoms. The predicted molar refractivity (Wildman–Crippen MR) is 75.8 cm³/mol. The molecule has 0 spiro atoms. The van der Waals surface area contributed by atoms with Gasteiger partial charge in [0.2, 0.25) is 5.91 Å². The van der Waals surface area contributed by atoms with Gasteiger partial charge in [-0.3, -0.25) is 9.59 Å². The number of hydrogen-bond acceptors (Lipinski definition) is 3. The van der Waals surface area contributed by atoms with Gasteiger partial charge in [-0.15, -0.1) is 6.58 Å². The first-order chi connectivity index (χ1) is 8.71. The summed E-state index contributed by atoms with van der Waals surface area (Å²) in [5.74, 6) is -0.355. The molecule has 19 heavy (non-hydrogen) atoms. The summed E-state index contributed by atoms with van der Waals surface area (Å²) in [6, 6.07) is 0. The van der Waals surface area contributed by atoms with E-state index in [0.717, 1.165) is 0 Å². The standard InChI is InChI=1S/C14H26N2O3/c1-7-9-19-11(3)13(18)16(8-2)10-12(17)15-14(4,5)6/h7,11H,1,8-10H2,2-6H3,(H,15,17)/t11-/m1/s1. The Morgan fingerprint density at radius 1 is 1.42 bits per heavy atom. The number of nitrogens with zero attached hydrogens (tertiary/aromatic N) is 1. The highest BCUT2D eigenvalue weighted by atomic mass is 16.5. The second-order valence-corrected chi connectivity index (χ2v) is 5.41. The van der Waals surface area contributed by atoms with E-state index in [1.165, 1.54) is 4.90 Å². The second kappa shape index (κ2) is 7.94. The topological polar surface area (TPSA) is 58.6 Å².